The largest absolute Gasteiger partial charge is 0.494 e. The molecule has 5 nitrogen and oxygen atoms in total. The first-order chi connectivity index (χ1) is 9.04. The van der Waals surface area contributed by atoms with Gasteiger partial charge < -0.3 is 20.3 Å². The second-order valence-corrected chi connectivity index (χ2v) is 4.37. The summed E-state index contributed by atoms with van der Waals surface area (Å²) < 4.78 is 5.46. The number of amides is 1. The van der Waals surface area contributed by atoms with Crippen molar-refractivity contribution in [2.75, 3.05) is 13.2 Å². The van der Waals surface area contributed by atoms with Crippen LogP contribution in [0.2, 0.25) is 0 Å². The molecule has 0 aliphatic rings. The Morgan fingerprint density at radius 3 is 2.79 bits per heavy atom. The predicted molar refractivity (Wildman–Crippen MR) is 71.9 cm³/mol. The van der Waals surface area contributed by atoms with Crippen molar-refractivity contribution < 1.29 is 19.7 Å². The van der Waals surface area contributed by atoms with Crippen LogP contribution in [0.3, 0.4) is 0 Å². The molecule has 0 radical (unpaired) electrons. The third kappa shape index (κ3) is 5.28. The van der Waals surface area contributed by atoms with Gasteiger partial charge in [-0.15, -0.1) is 0 Å². The molecule has 0 heterocycles. The van der Waals surface area contributed by atoms with Crippen LogP contribution in [-0.4, -0.2) is 35.4 Å². The average molecular weight is 267 g/mol. The van der Waals surface area contributed by atoms with E-state index in [4.69, 9.17) is 4.74 Å². The number of ether oxygens (including phenoxy) is 1. The van der Waals surface area contributed by atoms with Gasteiger partial charge in [-0.3, -0.25) is 4.79 Å². The predicted octanol–water partition coefficient (Wildman–Crippen LogP) is 1.01. The molecule has 0 saturated heterocycles. The first-order valence-corrected chi connectivity index (χ1v) is 6.38. The Morgan fingerprint density at radius 1 is 1.42 bits per heavy atom. The minimum atomic E-state index is -1.06. The summed E-state index contributed by atoms with van der Waals surface area (Å²) in [6, 6.07) is 6.96. The standard InChI is InChI=1S/C14H21NO4/c1-3-7-19-12-6-4-5-11(8-12)14(18)13(17)9-15-10(2)16/h4-6,8,13-14,17-18H,3,7,9H2,1-2H3,(H,15,16). The van der Waals surface area contributed by atoms with Gasteiger partial charge in [-0.1, -0.05) is 19.1 Å². The second kappa shape index (κ2) is 7.76. The van der Waals surface area contributed by atoms with Crippen molar-refractivity contribution in [3.63, 3.8) is 0 Å². The van der Waals surface area contributed by atoms with Gasteiger partial charge in [0.25, 0.3) is 0 Å². The number of nitrogens with one attached hydrogen (secondary N) is 1. The first-order valence-electron chi connectivity index (χ1n) is 6.38. The third-order valence-electron chi connectivity index (χ3n) is 2.60. The quantitative estimate of drug-likeness (QED) is 0.689. The van der Waals surface area contributed by atoms with E-state index in [0.29, 0.717) is 17.9 Å². The van der Waals surface area contributed by atoms with Crippen LogP contribution in [0.1, 0.15) is 31.9 Å². The molecule has 5 heteroatoms. The summed E-state index contributed by atoms with van der Waals surface area (Å²) in [5, 5.41) is 22.2. The number of carbonyl (C=O) groups is 1. The molecule has 3 N–H and O–H groups in total. The number of benzene rings is 1. The van der Waals surface area contributed by atoms with E-state index >= 15 is 0 Å². The lowest BCUT2D eigenvalue weighted by molar-refractivity contribution is -0.119. The van der Waals surface area contributed by atoms with E-state index in [9.17, 15) is 15.0 Å². The SMILES string of the molecule is CCCOc1cccc(C(O)C(O)CNC(C)=O)c1. The maximum absolute atomic E-state index is 10.8. The summed E-state index contributed by atoms with van der Waals surface area (Å²) in [5.41, 5.74) is 0.562. The van der Waals surface area contributed by atoms with Crippen LogP contribution in [0, 0.1) is 0 Å². The fourth-order valence-electron chi connectivity index (χ4n) is 1.59. The molecule has 1 aromatic carbocycles. The summed E-state index contributed by atoms with van der Waals surface area (Å²) >= 11 is 0. The smallest absolute Gasteiger partial charge is 0.216 e. The monoisotopic (exact) mass is 267 g/mol. The summed E-state index contributed by atoms with van der Waals surface area (Å²) in [5.74, 6) is 0.413. The van der Waals surface area contributed by atoms with Crippen molar-refractivity contribution in [1.82, 2.24) is 5.32 Å². The van der Waals surface area contributed by atoms with Gasteiger partial charge in [-0.2, -0.15) is 0 Å². The maximum Gasteiger partial charge on any atom is 0.216 e. The molecule has 106 valence electrons. The van der Waals surface area contributed by atoms with Crippen LogP contribution in [0.25, 0.3) is 0 Å². The highest BCUT2D eigenvalue weighted by Gasteiger charge is 2.18. The summed E-state index contributed by atoms with van der Waals surface area (Å²) in [4.78, 5) is 10.8. The van der Waals surface area contributed by atoms with Crippen molar-refractivity contribution in [2.24, 2.45) is 0 Å². The molecule has 0 aromatic heterocycles. The van der Waals surface area contributed by atoms with Gasteiger partial charge in [0.15, 0.2) is 0 Å². The van der Waals surface area contributed by atoms with Gasteiger partial charge in [0, 0.05) is 13.5 Å². The maximum atomic E-state index is 10.8. The zero-order chi connectivity index (χ0) is 14.3. The van der Waals surface area contributed by atoms with E-state index in [0.717, 1.165) is 6.42 Å². The van der Waals surface area contributed by atoms with E-state index in [1.807, 2.05) is 6.92 Å². The Kier molecular flexibility index (Phi) is 6.32. The summed E-state index contributed by atoms with van der Waals surface area (Å²) in [6.45, 7) is 3.98. The Hall–Kier alpha value is -1.59. The number of aliphatic hydroxyl groups is 2. The van der Waals surface area contributed by atoms with Crippen molar-refractivity contribution in [2.45, 2.75) is 32.5 Å². The van der Waals surface area contributed by atoms with E-state index < -0.39 is 12.2 Å². The summed E-state index contributed by atoms with van der Waals surface area (Å²) in [6.07, 6.45) is -1.21. The van der Waals surface area contributed by atoms with Gasteiger partial charge >= 0.3 is 0 Å². The van der Waals surface area contributed by atoms with Crippen molar-refractivity contribution in [3.8, 4) is 5.75 Å². The Morgan fingerprint density at radius 2 is 2.16 bits per heavy atom. The first kappa shape index (κ1) is 15.5. The fraction of sp³-hybridized carbons (Fsp3) is 0.500. The summed E-state index contributed by atoms with van der Waals surface area (Å²) in [7, 11) is 0. The molecule has 0 bridgehead atoms. The highest BCUT2D eigenvalue weighted by molar-refractivity contribution is 5.72. The van der Waals surface area contributed by atoms with E-state index in [1.54, 1.807) is 24.3 Å². The van der Waals surface area contributed by atoms with Crippen LogP contribution in [0.4, 0.5) is 0 Å². The molecule has 0 fully saturated rings. The lowest BCUT2D eigenvalue weighted by Gasteiger charge is -2.19. The van der Waals surface area contributed by atoms with Crippen molar-refractivity contribution in [3.05, 3.63) is 29.8 Å². The van der Waals surface area contributed by atoms with Crippen molar-refractivity contribution in [1.29, 1.82) is 0 Å². The number of carbonyl (C=O) groups excluding carboxylic acids is 1. The molecule has 1 rings (SSSR count). The van der Waals surface area contributed by atoms with Crippen molar-refractivity contribution >= 4 is 5.91 Å². The van der Waals surface area contributed by atoms with Gasteiger partial charge in [0.2, 0.25) is 5.91 Å². The van der Waals surface area contributed by atoms with Gasteiger partial charge in [0.1, 0.15) is 18.0 Å². The second-order valence-electron chi connectivity index (χ2n) is 4.37. The molecule has 2 atom stereocenters. The number of aliphatic hydroxyl groups excluding tert-OH is 2. The molecular formula is C14H21NO4. The third-order valence-corrected chi connectivity index (χ3v) is 2.60. The molecule has 0 aliphatic heterocycles. The molecule has 19 heavy (non-hydrogen) atoms. The zero-order valence-corrected chi connectivity index (χ0v) is 11.3. The number of rotatable bonds is 7. The topological polar surface area (TPSA) is 78.8 Å². The highest BCUT2D eigenvalue weighted by Crippen LogP contribution is 2.21. The molecule has 0 aliphatic carbocycles. The average Bonchev–Trinajstić information content (AvgIpc) is 2.41. The molecule has 0 spiro atoms. The Bertz CT molecular complexity index is 408. The highest BCUT2D eigenvalue weighted by atomic mass is 16.5. The van der Waals surface area contributed by atoms with Crippen LogP contribution in [-0.2, 0) is 4.79 Å². The Balaban J connectivity index is 2.64. The molecular weight excluding hydrogens is 246 g/mol. The van der Waals surface area contributed by atoms with Gasteiger partial charge in [0.05, 0.1) is 6.61 Å². The van der Waals surface area contributed by atoms with Crippen LogP contribution in [0.15, 0.2) is 24.3 Å². The van der Waals surface area contributed by atoms with Gasteiger partial charge in [-0.25, -0.2) is 0 Å². The van der Waals surface area contributed by atoms with E-state index in [1.165, 1.54) is 6.92 Å². The fourth-order valence-corrected chi connectivity index (χ4v) is 1.59. The Labute approximate surface area is 113 Å². The minimum absolute atomic E-state index is 0.0105. The van der Waals surface area contributed by atoms with Crippen LogP contribution in [0.5, 0.6) is 5.75 Å². The lowest BCUT2D eigenvalue weighted by atomic mass is 10.0. The molecule has 0 saturated carbocycles. The van der Waals surface area contributed by atoms with E-state index in [-0.39, 0.29) is 12.5 Å². The minimum Gasteiger partial charge on any atom is -0.494 e. The van der Waals surface area contributed by atoms with E-state index in [2.05, 4.69) is 5.32 Å². The van der Waals surface area contributed by atoms with Crippen LogP contribution >= 0.6 is 0 Å². The van der Waals surface area contributed by atoms with Gasteiger partial charge in [-0.05, 0) is 24.1 Å². The lowest BCUT2D eigenvalue weighted by Crippen LogP contribution is -2.34. The normalized spacial score (nSPS) is 13.7. The number of hydrogen-bond donors (Lipinski definition) is 3. The molecule has 1 amide bonds. The number of hydrogen-bond acceptors (Lipinski definition) is 4. The molecule has 2 unspecified atom stereocenters. The zero-order valence-electron chi connectivity index (χ0n) is 11.3. The molecule has 1 aromatic rings. The van der Waals surface area contributed by atoms with Crippen LogP contribution < -0.4 is 10.1 Å².